The topological polar surface area (TPSA) is 63.3 Å². The summed E-state index contributed by atoms with van der Waals surface area (Å²) in [5.74, 6) is 0.439. The van der Waals surface area contributed by atoms with E-state index in [9.17, 15) is 4.21 Å². The van der Waals surface area contributed by atoms with Crippen molar-refractivity contribution in [3.05, 3.63) is 35.2 Å². The van der Waals surface area contributed by atoms with Crippen molar-refractivity contribution in [3.63, 3.8) is 0 Å². The molecule has 98 valence electrons. The Hall–Kier alpha value is -0.750. The van der Waals surface area contributed by atoms with Gasteiger partial charge in [-0.2, -0.15) is 0 Å². The molecule has 1 aromatic heterocycles. The van der Waals surface area contributed by atoms with Gasteiger partial charge in [-0.1, -0.05) is 25.1 Å². The van der Waals surface area contributed by atoms with Crippen molar-refractivity contribution in [2.24, 2.45) is 11.7 Å². The summed E-state index contributed by atoms with van der Waals surface area (Å²) in [4.78, 5) is 1.15. The van der Waals surface area contributed by atoms with E-state index < -0.39 is 11.1 Å². The summed E-state index contributed by atoms with van der Waals surface area (Å²) in [5, 5.41) is 1.21. The van der Waals surface area contributed by atoms with Gasteiger partial charge in [0.05, 0.1) is 5.75 Å². The fourth-order valence-electron chi connectivity index (χ4n) is 2.05. The lowest BCUT2D eigenvalue weighted by molar-refractivity contribution is 0.495. The molecule has 0 amide bonds. The van der Waals surface area contributed by atoms with Gasteiger partial charge in [0, 0.05) is 15.6 Å². The normalized spacial score (nSPS) is 16.6. The molecule has 0 radical (unpaired) electrons. The number of nitrogens with two attached hydrogens (primary N) is 1. The lowest BCUT2D eigenvalue weighted by Crippen LogP contribution is -2.16. The third-order valence-electron chi connectivity index (χ3n) is 2.89. The zero-order chi connectivity index (χ0) is 13.1. The first-order chi connectivity index (χ1) is 8.56. The summed E-state index contributed by atoms with van der Waals surface area (Å²) >= 11 is -0.0325. The van der Waals surface area contributed by atoms with Crippen molar-refractivity contribution in [3.8, 4) is 0 Å². The van der Waals surface area contributed by atoms with E-state index in [0.29, 0.717) is 5.75 Å². The summed E-state index contributed by atoms with van der Waals surface area (Å²) in [5.41, 5.74) is 6.17. The van der Waals surface area contributed by atoms with Crippen LogP contribution >= 0.6 is 11.3 Å². The summed E-state index contributed by atoms with van der Waals surface area (Å²) in [6.07, 6.45) is 0.735. The lowest BCUT2D eigenvalue weighted by atomic mass is 10.0. The summed E-state index contributed by atoms with van der Waals surface area (Å²) < 4.78 is 20.8. The predicted molar refractivity (Wildman–Crippen MR) is 78.2 cm³/mol. The van der Waals surface area contributed by atoms with E-state index in [-0.39, 0.29) is 12.0 Å². The number of fused-ring (bicyclic) bond motifs is 1. The van der Waals surface area contributed by atoms with Crippen molar-refractivity contribution in [2.75, 3.05) is 5.75 Å². The van der Waals surface area contributed by atoms with Crippen molar-refractivity contribution in [1.82, 2.24) is 0 Å². The van der Waals surface area contributed by atoms with Gasteiger partial charge in [0.25, 0.3) is 0 Å². The maximum absolute atomic E-state index is 10.7. The Labute approximate surface area is 113 Å². The molecule has 2 rings (SSSR count). The van der Waals surface area contributed by atoms with Crippen LogP contribution in [0.2, 0.25) is 0 Å². The second-order valence-corrected chi connectivity index (χ2v) is 6.71. The zero-order valence-corrected chi connectivity index (χ0v) is 11.8. The van der Waals surface area contributed by atoms with Gasteiger partial charge in [0.1, 0.15) is 0 Å². The highest BCUT2D eigenvalue weighted by atomic mass is 32.2. The van der Waals surface area contributed by atoms with E-state index in [0.717, 1.165) is 11.3 Å². The fourth-order valence-corrected chi connectivity index (χ4v) is 3.75. The third kappa shape index (κ3) is 3.38. The average Bonchev–Trinajstić information content (AvgIpc) is 2.71. The molecule has 0 aliphatic carbocycles. The first-order valence-electron chi connectivity index (χ1n) is 5.87. The predicted octanol–water partition coefficient (Wildman–Crippen LogP) is 3.15. The number of benzene rings is 1. The molecule has 5 heteroatoms. The van der Waals surface area contributed by atoms with E-state index in [1.54, 1.807) is 11.3 Å². The molecule has 0 bridgehead atoms. The standard InChI is InChI=1S/C13H17NO2S2/c1-9(8-18(15)16)6-11(14)13-7-10-4-2-3-5-12(10)17-13/h2-5,7,9,11H,6,8,14H2,1H3,(H,15,16). The molecule has 0 saturated heterocycles. The van der Waals surface area contributed by atoms with Crippen LogP contribution in [-0.2, 0) is 11.1 Å². The second-order valence-electron chi connectivity index (χ2n) is 4.62. The average molecular weight is 283 g/mol. The second kappa shape index (κ2) is 5.93. The minimum Gasteiger partial charge on any atom is -0.323 e. The van der Waals surface area contributed by atoms with Crippen LogP contribution in [-0.4, -0.2) is 14.5 Å². The van der Waals surface area contributed by atoms with Gasteiger partial charge in [-0.05, 0) is 29.9 Å². The molecule has 3 atom stereocenters. The molecular formula is C13H17NO2S2. The lowest BCUT2D eigenvalue weighted by Gasteiger charge is -2.14. The van der Waals surface area contributed by atoms with Crippen LogP contribution in [0.15, 0.2) is 30.3 Å². The van der Waals surface area contributed by atoms with Crippen LogP contribution in [0.4, 0.5) is 0 Å². The Bertz CT molecular complexity index is 520. The highest BCUT2D eigenvalue weighted by Crippen LogP contribution is 2.31. The van der Waals surface area contributed by atoms with E-state index in [4.69, 9.17) is 10.3 Å². The summed E-state index contributed by atoms with van der Waals surface area (Å²) in [6, 6.07) is 10.3. The minimum atomic E-state index is -1.74. The molecule has 3 unspecified atom stereocenters. The molecule has 3 N–H and O–H groups in total. The van der Waals surface area contributed by atoms with Gasteiger partial charge in [-0.3, -0.25) is 0 Å². The van der Waals surface area contributed by atoms with Crippen molar-refractivity contribution in [2.45, 2.75) is 19.4 Å². The Morgan fingerprint density at radius 1 is 1.44 bits per heavy atom. The Morgan fingerprint density at radius 2 is 2.17 bits per heavy atom. The van der Waals surface area contributed by atoms with Gasteiger partial charge in [0.15, 0.2) is 11.1 Å². The number of hydrogen-bond donors (Lipinski definition) is 2. The molecule has 0 aliphatic heterocycles. The first kappa shape index (κ1) is 13.7. The van der Waals surface area contributed by atoms with E-state index in [2.05, 4.69) is 18.2 Å². The summed E-state index contributed by atoms with van der Waals surface area (Å²) in [6.45, 7) is 1.96. The zero-order valence-electron chi connectivity index (χ0n) is 10.2. The maximum Gasteiger partial charge on any atom is 0.153 e. The molecule has 0 saturated carbocycles. The van der Waals surface area contributed by atoms with Gasteiger partial charge in [-0.25, -0.2) is 4.21 Å². The quantitative estimate of drug-likeness (QED) is 0.829. The van der Waals surface area contributed by atoms with E-state index in [1.807, 2.05) is 19.1 Å². The van der Waals surface area contributed by atoms with Gasteiger partial charge in [-0.15, -0.1) is 11.3 Å². The highest BCUT2D eigenvalue weighted by Gasteiger charge is 2.15. The molecule has 0 fully saturated rings. The van der Waals surface area contributed by atoms with Crippen LogP contribution in [0.5, 0.6) is 0 Å². The van der Waals surface area contributed by atoms with E-state index in [1.165, 1.54) is 10.1 Å². The van der Waals surface area contributed by atoms with Crippen molar-refractivity contribution in [1.29, 1.82) is 0 Å². The third-order valence-corrected chi connectivity index (χ3v) is 5.00. The number of hydrogen-bond acceptors (Lipinski definition) is 3. The maximum atomic E-state index is 10.7. The summed E-state index contributed by atoms with van der Waals surface area (Å²) in [7, 11) is 0. The molecule has 1 heterocycles. The van der Waals surface area contributed by atoms with Crippen LogP contribution in [0, 0.1) is 5.92 Å². The monoisotopic (exact) mass is 283 g/mol. The van der Waals surface area contributed by atoms with E-state index >= 15 is 0 Å². The molecule has 18 heavy (non-hydrogen) atoms. The highest BCUT2D eigenvalue weighted by molar-refractivity contribution is 7.79. The fraction of sp³-hybridized carbons (Fsp3) is 0.385. The number of thiophene rings is 1. The molecule has 2 aromatic rings. The van der Waals surface area contributed by atoms with Crippen LogP contribution in [0.3, 0.4) is 0 Å². The molecular weight excluding hydrogens is 266 g/mol. The van der Waals surface area contributed by atoms with Gasteiger partial charge in [0.2, 0.25) is 0 Å². The van der Waals surface area contributed by atoms with Gasteiger partial charge < -0.3 is 10.3 Å². The SMILES string of the molecule is CC(CC(N)c1cc2ccccc2s1)CS(=O)O. The minimum absolute atomic E-state index is 0.0547. The smallest absolute Gasteiger partial charge is 0.153 e. The van der Waals surface area contributed by atoms with Crippen LogP contribution in [0.1, 0.15) is 24.3 Å². The van der Waals surface area contributed by atoms with Crippen molar-refractivity contribution < 1.29 is 8.76 Å². The van der Waals surface area contributed by atoms with Gasteiger partial charge >= 0.3 is 0 Å². The molecule has 0 aliphatic rings. The van der Waals surface area contributed by atoms with Crippen LogP contribution in [0.25, 0.3) is 10.1 Å². The first-order valence-corrected chi connectivity index (χ1v) is 7.97. The molecule has 1 aromatic carbocycles. The molecule has 0 spiro atoms. The Balaban J connectivity index is 2.08. The number of rotatable bonds is 5. The molecule has 3 nitrogen and oxygen atoms in total. The Morgan fingerprint density at radius 3 is 2.83 bits per heavy atom. The van der Waals surface area contributed by atoms with Crippen LogP contribution < -0.4 is 5.73 Å². The van der Waals surface area contributed by atoms with Crippen molar-refractivity contribution >= 4 is 32.5 Å². The largest absolute Gasteiger partial charge is 0.323 e. The Kier molecular flexibility index (Phi) is 4.50.